The van der Waals surface area contributed by atoms with Crippen molar-refractivity contribution in [2.45, 2.75) is 38.8 Å². The van der Waals surface area contributed by atoms with Gasteiger partial charge in [-0.05, 0) is 26.0 Å². The normalized spacial score (nSPS) is 22.1. The van der Waals surface area contributed by atoms with Crippen molar-refractivity contribution in [1.29, 1.82) is 0 Å². The van der Waals surface area contributed by atoms with E-state index in [0.29, 0.717) is 18.6 Å². The van der Waals surface area contributed by atoms with Gasteiger partial charge in [-0.15, -0.1) is 0 Å². The van der Waals surface area contributed by atoms with E-state index in [1.54, 1.807) is 17.0 Å². The lowest BCUT2D eigenvalue weighted by molar-refractivity contribution is -0.150. The highest BCUT2D eigenvalue weighted by molar-refractivity contribution is 5.81. The van der Waals surface area contributed by atoms with Gasteiger partial charge in [0, 0.05) is 13.1 Å². The lowest BCUT2D eigenvalue weighted by Crippen LogP contribution is -2.49. The van der Waals surface area contributed by atoms with Crippen LogP contribution in [0.3, 0.4) is 0 Å². The molecule has 24 heavy (non-hydrogen) atoms. The summed E-state index contributed by atoms with van der Waals surface area (Å²) < 4.78 is 46.3. The molecule has 0 radical (unpaired) electrons. The highest BCUT2D eigenvalue weighted by Gasteiger charge is 2.38. The molecule has 2 heterocycles. The minimum Gasteiger partial charge on any atom is -0.372 e. The zero-order valence-electron chi connectivity index (χ0n) is 13.4. The van der Waals surface area contributed by atoms with Crippen LogP contribution < -0.4 is 0 Å². The largest absolute Gasteiger partial charge is 0.449 e. The molecule has 0 N–H and O–H groups in total. The first kappa shape index (κ1) is 16.8. The Kier molecular flexibility index (Phi) is 4.25. The first-order chi connectivity index (χ1) is 11.3. The van der Waals surface area contributed by atoms with E-state index in [1.807, 2.05) is 13.8 Å². The Morgan fingerprint density at radius 3 is 2.50 bits per heavy atom. The average Bonchev–Trinajstić information content (AvgIpc) is 2.85. The van der Waals surface area contributed by atoms with Gasteiger partial charge in [0.25, 0.3) is 0 Å². The van der Waals surface area contributed by atoms with Crippen molar-refractivity contribution in [2.75, 3.05) is 13.1 Å². The maximum Gasteiger partial charge on any atom is 0.449 e. The van der Waals surface area contributed by atoms with E-state index in [9.17, 15) is 18.0 Å². The second kappa shape index (κ2) is 6.08. The second-order valence-electron chi connectivity index (χ2n) is 6.06. The highest BCUT2D eigenvalue weighted by atomic mass is 19.4. The van der Waals surface area contributed by atoms with E-state index in [-0.39, 0.29) is 23.6 Å². The number of ether oxygens (including phenoxy) is 1. The molecule has 130 valence electrons. The first-order valence-electron chi connectivity index (χ1n) is 7.71. The van der Waals surface area contributed by atoms with Crippen LogP contribution in [0.1, 0.15) is 19.7 Å². The fourth-order valence-corrected chi connectivity index (χ4v) is 3.07. The molecule has 1 amide bonds. The van der Waals surface area contributed by atoms with E-state index in [4.69, 9.17) is 4.74 Å². The van der Waals surface area contributed by atoms with Crippen molar-refractivity contribution < 1.29 is 22.7 Å². The maximum absolute atomic E-state index is 13.3. The molecule has 8 heteroatoms. The quantitative estimate of drug-likeness (QED) is 0.844. The standard InChI is InChI=1S/C16H18F3N3O2/c1-10-7-21(8-11(2)24-10)14(23)9-22-13-6-4-3-5-12(13)20-15(22)16(17,18)19/h3-6,10-11H,7-9H2,1-2H3/t10-,11-/m1/s1. The summed E-state index contributed by atoms with van der Waals surface area (Å²) in [6.07, 6.45) is -4.90. The number of rotatable bonds is 2. The number of alkyl halides is 3. The second-order valence-corrected chi connectivity index (χ2v) is 6.06. The van der Waals surface area contributed by atoms with Crippen LogP contribution >= 0.6 is 0 Å². The van der Waals surface area contributed by atoms with Gasteiger partial charge in [-0.2, -0.15) is 13.2 Å². The summed E-state index contributed by atoms with van der Waals surface area (Å²) in [6.45, 7) is 4.02. The number of hydrogen-bond acceptors (Lipinski definition) is 3. The van der Waals surface area contributed by atoms with Crippen LogP contribution in [-0.4, -0.2) is 45.7 Å². The third kappa shape index (κ3) is 3.24. The van der Waals surface area contributed by atoms with Gasteiger partial charge >= 0.3 is 6.18 Å². The van der Waals surface area contributed by atoms with Crippen LogP contribution in [-0.2, 0) is 22.3 Å². The topological polar surface area (TPSA) is 47.4 Å². The number of benzene rings is 1. The Hall–Kier alpha value is -2.09. The highest BCUT2D eigenvalue weighted by Crippen LogP contribution is 2.31. The SMILES string of the molecule is C[C@@H]1CN(C(=O)Cn2c(C(F)(F)F)nc3ccccc32)C[C@@H](C)O1. The Morgan fingerprint density at radius 2 is 1.88 bits per heavy atom. The smallest absolute Gasteiger partial charge is 0.372 e. The number of amides is 1. The van der Waals surface area contributed by atoms with Gasteiger partial charge in [-0.25, -0.2) is 4.98 Å². The molecule has 5 nitrogen and oxygen atoms in total. The molecule has 1 aromatic carbocycles. The minimum absolute atomic E-state index is 0.140. The number of imidazole rings is 1. The van der Waals surface area contributed by atoms with Crippen molar-refractivity contribution in [2.24, 2.45) is 0 Å². The zero-order valence-corrected chi connectivity index (χ0v) is 13.4. The van der Waals surface area contributed by atoms with Gasteiger partial charge in [0.2, 0.25) is 11.7 Å². The number of carbonyl (C=O) groups is 1. The number of carbonyl (C=O) groups excluding carboxylic acids is 1. The monoisotopic (exact) mass is 341 g/mol. The Labute approximate surface area is 137 Å². The number of morpholine rings is 1. The summed E-state index contributed by atoms with van der Waals surface area (Å²) in [6, 6.07) is 6.29. The molecule has 0 bridgehead atoms. The fourth-order valence-electron chi connectivity index (χ4n) is 3.07. The summed E-state index contributed by atoms with van der Waals surface area (Å²) in [5, 5.41) is 0. The Balaban J connectivity index is 1.93. The molecule has 1 saturated heterocycles. The summed E-state index contributed by atoms with van der Waals surface area (Å²) in [5.41, 5.74) is 0.522. The Bertz CT molecular complexity index is 747. The van der Waals surface area contributed by atoms with Crippen LogP contribution in [0.25, 0.3) is 11.0 Å². The van der Waals surface area contributed by atoms with Crippen LogP contribution in [0.4, 0.5) is 13.2 Å². The van der Waals surface area contributed by atoms with Gasteiger partial charge in [-0.1, -0.05) is 12.1 Å². The third-order valence-electron chi connectivity index (χ3n) is 3.97. The van der Waals surface area contributed by atoms with Gasteiger partial charge in [0.1, 0.15) is 6.54 Å². The lowest BCUT2D eigenvalue weighted by Gasteiger charge is -2.35. The number of aromatic nitrogens is 2. The number of halogens is 3. The van der Waals surface area contributed by atoms with Crippen LogP contribution in [0.5, 0.6) is 0 Å². The molecule has 1 aliphatic rings. The predicted molar refractivity (Wildman–Crippen MR) is 81.3 cm³/mol. The van der Waals surface area contributed by atoms with E-state index < -0.39 is 18.5 Å². The molecular formula is C16H18F3N3O2. The van der Waals surface area contributed by atoms with Crippen molar-refractivity contribution in [3.8, 4) is 0 Å². The summed E-state index contributed by atoms with van der Waals surface area (Å²) in [5.74, 6) is -1.42. The molecule has 3 rings (SSSR count). The molecule has 0 unspecified atom stereocenters. The molecule has 1 aliphatic heterocycles. The molecule has 0 aliphatic carbocycles. The van der Waals surface area contributed by atoms with E-state index in [2.05, 4.69) is 4.98 Å². The number of nitrogens with zero attached hydrogens (tertiary/aromatic N) is 3. The molecule has 0 saturated carbocycles. The van der Waals surface area contributed by atoms with Crippen molar-refractivity contribution in [3.05, 3.63) is 30.1 Å². The van der Waals surface area contributed by atoms with Gasteiger partial charge in [-0.3, -0.25) is 4.79 Å². The minimum atomic E-state index is -4.62. The number of hydrogen-bond donors (Lipinski definition) is 0. The van der Waals surface area contributed by atoms with Crippen molar-refractivity contribution >= 4 is 16.9 Å². The van der Waals surface area contributed by atoms with Gasteiger partial charge in [0.05, 0.1) is 23.2 Å². The molecule has 1 aromatic heterocycles. The van der Waals surface area contributed by atoms with Crippen molar-refractivity contribution in [1.82, 2.24) is 14.5 Å². The summed E-state index contributed by atoms with van der Waals surface area (Å²) in [4.78, 5) is 17.7. The third-order valence-corrected chi connectivity index (χ3v) is 3.97. The van der Waals surface area contributed by atoms with Crippen LogP contribution in [0, 0.1) is 0 Å². The number of para-hydroxylation sites is 2. The first-order valence-corrected chi connectivity index (χ1v) is 7.71. The van der Waals surface area contributed by atoms with Crippen LogP contribution in [0.15, 0.2) is 24.3 Å². The summed E-state index contributed by atoms with van der Waals surface area (Å²) >= 11 is 0. The predicted octanol–water partition coefficient (Wildman–Crippen LogP) is 2.69. The molecule has 2 atom stereocenters. The van der Waals surface area contributed by atoms with Gasteiger partial charge < -0.3 is 14.2 Å². The Morgan fingerprint density at radius 1 is 1.25 bits per heavy atom. The average molecular weight is 341 g/mol. The van der Waals surface area contributed by atoms with Crippen molar-refractivity contribution in [3.63, 3.8) is 0 Å². The van der Waals surface area contributed by atoms with E-state index in [1.165, 1.54) is 12.1 Å². The van der Waals surface area contributed by atoms with Gasteiger partial charge in [0.15, 0.2) is 0 Å². The molecular weight excluding hydrogens is 323 g/mol. The fraction of sp³-hybridized carbons (Fsp3) is 0.500. The lowest BCUT2D eigenvalue weighted by atomic mass is 10.2. The van der Waals surface area contributed by atoms with E-state index >= 15 is 0 Å². The zero-order chi connectivity index (χ0) is 17.5. The molecule has 0 spiro atoms. The summed E-state index contributed by atoms with van der Waals surface area (Å²) in [7, 11) is 0. The maximum atomic E-state index is 13.3. The molecule has 1 fully saturated rings. The van der Waals surface area contributed by atoms with E-state index in [0.717, 1.165) is 4.57 Å². The van der Waals surface area contributed by atoms with Crippen LogP contribution in [0.2, 0.25) is 0 Å². The number of fused-ring (bicyclic) bond motifs is 1. The molecule has 2 aromatic rings.